The summed E-state index contributed by atoms with van der Waals surface area (Å²) in [6, 6.07) is 9.59. The van der Waals surface area contributed by atoms with Gasteiger partial charge in [-0.2, -0.15) is 0 Å². The molecular formula is C18H12ClFN4OS. The van der Waals surface area contributed by atoms with Gasteiger partial charge >= 0.3 is 0 Å². The van der Waals surface area contributed by atoms with Crippen molar-refractivity contribution in [1.29, 1.82) is 0 Å². The van der Waals surface area contributed by atoms with Crippen LogP contribution in [0.25, 0.3) is 21.1 Å². The van der Waals surface area contributed by atoms with Crippen molar-refractivity contribution in [2.75, 3.05) is 0 Å². The van der Waals surface area contributed by atoms with Gasteiger partial charge in [-0.1, -0.05) is 17.7 Å². The molecule has 4 rings (SSSR count). The number of pyridine rings is 1. The lowest BCUT2D eigenvalue weighted by Crippen LogP contribution is -2.01. The van der Waals surface area contributed by atoms with Crippen molar-refractivity contribution in [3.63, 3.8) is 0 Å². The van der Waals surface area contributed by atoms with E-state index in [0.29, 0.717) is 17.0 Å². The second-order valence-electron chi connectivity index (χ2n) is 5.54. The molecule has 1 unspecified atom stereocenters. The molecule has 26 heavy (non-hydrogen) atoms. The molecule has 1 atom stereocenters. The van der Waals surface area contributed by atoms with Crippen molar-refractivity contribution >= 4 is 22.9 Å². The fourth-order valence-electron chi connectivity index (χ4n) is 2.66. The van der Waals surface area contributed by atoms with Crippen molar-refractivity contribution < 1.29 is 9.50 Å². The molecule has 3 heterocycles. The summed E-state index contributed by atoms with van der Waals surface area (Å²) in [4.78, 5) is 8.66. The van der Waals surface area contributed by atoms with E-state index < -0.39 is 11.9 Å². The van der Waals surface area contributed by atoms with E-state index in [2.05, 4.69) is 20.2 Å². The number of aromatic nitrogens is 4. The van der Waals surface area contributed by atoms with Gasteiger partial charge < -0.3 is 10.1 Å². The molecule has 0 aliphatic heterocycles. The minimum Gasteiger partial charge on any atom is -0.384 e. The number of aliphatic hydroxyl groups excluding tert-OH is 1. The number of H-pyrrole nitrogens is 1. The Bertz CT molecular complexity index is 1040. The van der Waals surface area contributed by atoms with Gasteiger partial charge in [0.05, 0.1) is 4.88 Å². The molecule has 0 fully saturated rings. The zero-order chi connectivity index (χ0) is 18.1. The van der Waals surface area contributed by atoms with Crippen molar-refractivity contribution in [3.8, 4) is 21.1 Å². The maximum atomic E-state index is 13.3. The van der Waals surface area contributed by atoms with Crippen LogP contribution in [0.2, 0.25) is 5.02 Å². The molecule has 3 aromatic heterocycles. The van der Waals surface area contributed by atoms with Crippen molar-refractivity contribution in [2.45, 2.75) is 6.10 Å². The summed E-state index contributed by atoms with van der Waals surface area (Å²) in [5, 5.41) is 19.0. The van der Waals surface area contributed by atoms with Gasteiger partial charge in [0.2, 0.25) is 0 Å². The highest BCUT2D eigenvalue weighted by molar-refractivity contribution is 7.19. The number of halogens is 2. The van der Waals surface area contributed by atoms with Gasteiger partial charge in [-0.05, 0) is 35.9 Å². The molecule has 4 aromatic rings. The van der Waals surface area contributed by atoms with Crippen molar-refractivity contribution in [1.82, 2.24) is 20.2 Å². The highest BCUT2D eigenvalue weighted by Crippen LogP contribution is 2.42. The van der Waals surface area contributed by atoms with E-state index in [4.69, 9.17) is 11.6 Å². The van der Waals surface area contributed by atoms with Crippen LogP contribution in [0.15, 0.2) is 55.1 Å². The van der Waals surface area contributed by atoms with Gasteiger partial charge in [-0.3, -0.25) is 4.98 Å². The van der Waals surface area contributed by atoms with E-state index >= 15 is 0 Å². The summed E-state index contributed by atoms with van der Waals surface area (Å²) in [5.74, 6) is 0.0896. The average Bonchev–Trinajstić information content (AvgIpc) is 3.31. The van der Waals surface area contributed by atoms with Gasteiger partial charge in [-0.15, -0.1) is 21.5 Å². The Morgan fingerprint density at radius 1 is 1.12 bits per heavy atom. The predicted octanol–water partition coefficient (Wildman–Crippen LogP) is 4.47. The number of nitrogens with one attached hydrogen (secondary N) is 1. The number of thiophene rings is 1. The summed E-state index contributed by atoms with van der Waals surface area (Å²) < 4.78 is 13.3. The first-order valence-corrected chi connectivity index (χ1v) is 8.86. The first kappa shape index (κ1) is 16.8. The van der Waals surface area contributed by atoms with Crippen molar-refractivity contribution in [3.05, 3.63) is 77.1 Å². The quantitative estimate of drug-likeness (QED) is 0.542. The number of aromatic amines is 1. The normalized spacial score (nSPS) is 12.3. The topological polar surface area (TPSA) is 74.7 Å². The molecule has 0 aliphatic rings. The first-order valence-electron chi connectivity index (χ1n) is 7.67. The standard InChI is InChI=1S/C18H12ClFN4OS/c19-14-7-11(20)1-2-12(14)16(25)13-8-15(10-3-5-21-6-4-10)26-17(13)18-22-9-23-24-18/h1-9,16,25H,(H,22,23,24). The third-order valence-electron chi connectivity index (χ3n) is 3.91. The number of rotatable bonds is 4. The summed E-state index contributed by atoms with van der Waals surface area (Å²) >= 11 is 7.60. The monoisotopic (exact) mass is 386 g/mol. The van der Waals surface area contributed by atoms with Crippen LogP contribution in [0, 0.1) is 5.82 Å². The molecule has 5 nitrogen and oxygen atoms in total. The van der Waals surface area contributed by atoms with Gasteiger partial charge in [0, 0.05) is 33.4 Å². The van der Waals surface area contributed by atoms with E-state index in [1.165, 1.54) is 35.9 Å². The Hall–Kier alpha value is -2.61. The first-order chi connectivity index (χ1) is 12.6. The molecule has 2 N–H and O–H groups in total. The van der Waals surface area contributed by atoms with Crippen LogP contribution >= 0.6 is 22.9 Å². The molecular weight excluding hydrogens is 375 g/mol. The lowest BCUT2D eigenvalue weighted by Gasteiger charge is -2.13. The fraction of sp³-hybridized carbons (Fsp3) is 0.0556. The van der Waals surface area contributed by atoms with Crippen LogP contribution in [0.3, 0.4) is 0 Å². The van der Waals surface area contributed by atoms with Crippen LogP contribution in [-0.4, -0.2) is 25.3 Å². The van der Waals surface area contributed by atoms with Gasteiger partial charge in [0.1, 0.15) is 18.2 Å². The van der Waals surface area contributed by atoms with Crippen LogP contribution in [0.1, 0.15) is 17.2 Å². The second-order valence-corrected chi connectivity index (χ2v) is 7.00. The van der Waals surface area contributed by atoms with Gasteiger partial charge in [0.25, 0.3) is 0 Å². The van der Waals surface area contributed by atoms with E-state index in [0.717, 1.165) is 15.3 Å². The lowest BCUT2D eigenvalue weighted by molar-refractivity contribution is 0.221. The lowest BCUT2D eigenvalue weighted by atomic mass is 10.0. The Morgan fingerprint density at radius 3 is 2.62 bits per heavy atom. The molecule has 130 valence electrons. The van der Waals surface area contributed by atoms with Crippen LogP contribution < -0.4 is 0 Å². The molecule has 0 saturated heterocycles. The molecule has 8 heteroatoms. The highest BCUT2D eigenvalue weighted by Gasteiger charge is 2.23. The Kier molecular flexibility index (Phi) is 4.50. The van der Waals surface area contributed by atoms with Gasteiger partial charge in [0.15, 0.2) is 5.82 Å². The molecule has 0 aliphatic carbocycles. The molecule has 1 aromatic carbocycles. The minimum atomic E-state index is -1.03. The minimum absolute atomic E-state index is 0.165. The Morgan fingerprint density at radius 2 is 1.92 bits per heavy atom. The molecule has 0 amide bonds. The van der Waals surface area contributed by atoms with Gasteiger partial charge in [-0.25, -0.2) is 4.39 Å². The second kappa shape index (κ2) is 6.95. The number of benzene rings is 1. The fourth-order valence-corrected chi connectivity index (χ4v) is 4.07. The van der Waals surface area contributed by atoms with E-state index in [-0.39, 0.29) is 5.02 Å². The SMILES string of the molecule is OC(c1ccc(F)cc1Cl)c1cc(-c2ccncc2)sc1-c1nnc[nH]1. The third kappa shape index (κ3) is 3.12. The maximum Gasteiger partial charge on any atom is 0.171 e. The third-order valence-corrected chi connectivity index (χ3v) is 5.44. The summed E-state index contributed by atoms with van der Waals surface area (Å²) in [5.41, 5.74) is 2.01. The van der Waals surface area contributed by atoms with E-state index in [1.54, 1.807) is 12.4 Å². The molecule has 0 bridgehead atoms. The Balaban J connectivity index is 1.85. The summed E-state index contributed by atoms with van der Waals surface area (Å²) in [6.07, 6.45) is 3.85. The molecule has 0 saturated carbocycles. The summed E-state index contributed by atoms with van der Waals surface area (Å²) in [7, 11) is 0. The zero-order valence-electron chi connectivity index (χ0n) is 13.2. The highest BCUT2D eigenvalue weighted by atomic mass is 35.5. The molecule has 0 radical (unpaired) electrons. The number of hydrogen-bond donors (Lipinski definition) is 2. The number of aliphatic hydroxyl groups is 1. The maximum absolute atomic E-state index is 13.3. The zero-order valence-corrected chi connectivity index (χ0v) is 14.8. The van der Waals surface area contributed by atoms with E-state index in [1.807, 2.05) is 18.2 Å². The number of hydrogen-bond acceptors (Lipinski definition) is 5. The van der Waals surface area contributed by atoms with Crippen molar-refractivity contribution in [2.24, 2.45) is 0 Å². The predicted molar refractivity (Wildman–Crippen MR) is 98.4 cm³/mol. The smallest absolute Gasteiger partial charge is 0.171 e. The average molecular weight is 387 g/mol. The van der Waals surface area contributed by atoms with Crippen LogP contribution in [0.5, 0.6) is 0 Å². The number of nitrogens with zero attached hydrogens (tertiary/aromatic N) is 3. The molecule has 0 spiro atoms. The largest absolute Gasteiger partial charge is 0.384 e. The Labute approximate surface area is 157 Å². The van der Waals surface area contributed by atoms with Crippen LogP contribution in [-0.2, 0) is 0 Å². The van der Waals surface area contributed by atoms with E-state index in [9.17, 15) is 9.50 Å². The summed E-state index contributed by atoms with van der Waals surface area (Å²) in [6.45, 7) is 0. The van der Waals surface area contributed by atoms with Crippen LogP contribution in [0.4, 0.5) is 4.39 Å².